The Balaban J connectivity index is 2.46. The van der Waals surface area contributed by atoms with Crippen molar-refractivity contribution in [3.05, 3.63) is 0 Å². The number of hydrogen-bond acceptors (Lipinski definition) is 2. The van der Waals surface area contributed by atoms with Crippen LogP contribution in [0.5, 0.6) is 0 Å². The summed E-state index contributed by atoms with van der Waals surface area (Å²) in [6, 6.07) is 0. The van der Waals surface area contributed by atoms with Crippen molar-refractivity contribution in [3.63, 3.8) is 0 Å². The number of thioether (sulfide) groups is 1. The van der Waals surface area contributed by atoms with Crippen LogP contribution in [-0.2, 0) is 4.79 Å². The molecule has 2 unspecified atom stereocenters. The fourth-order valence-electron chi connectivity index (χ4n) is 1.70. The van der Waals surface area contributed by atoms with Gasteiger partial charge in [0.05, 0.1) is 5.25 Å². The topological polar surface area (TPSA) is 29.1 Å². The van der Waals surface area contributed by atoms with Crippen molar-refractivity contribution in [2.75, 3.05) is 11.6 Å². The van der Waals surface area contributed by atoms with Crippen molar-refractivity contribution >= 4 is 29.3 Å². The fraction of sp³-hybridized carbons (Fsp3) is 0.909. The molecule has 88 valence electrons. The average Bonchev–Trinajstić information content (AvgIpc) is 2.71. The maximum atomic E-state index is 11.9. The highest BCUT2D eigenvalue weighted by molar-refractivity contribution is 8.00. The molecule has 2 atom stereocenters. The van der Waals surface area contributed by atoms with Gasteiger partial charge in [-0.05, 0) is 38.4 Å². The predicted octanol–water partition coefficient (Wildman–Crippen LogP) is 2.80. The first kappa shape index (κ1) is 13.2. The number of nitrogens with one attached hydrogen (secondary N) is 1. The second kappa shape index (κ2) is 6.00. The zero-order valence-electron chi connectivity index (χ0n) is 9.51. The maximum Gasteiger partial charge on any atom is 0.233 e. The van der Waals surface area contributed by atoms with E-state index in [4.69, 9.17) is 11.6 Å². The molecule has 1 heterocycles. The van der Waals surface area contributed by atoms with Gasteiger partial charge in [-0.25, -0.2) is 0 Å². The van der Waals surface area contributed by atoms with Crippen LogP contribution in [0.2, 0.25) is 0 Å². The Morgan fingerprint density at radius 2 is 2.40 bits per heavy atom. The van der Waals surface area contributed by atoms with Crippen LogP contribution in [0.25, 0.3) is 0 Å². The summed E-state index contributed by atoms with van der Waals surface area (Å²) in [5, 5.41) is 3.31. The third-order valence-electron chi connectivity index (χ3n) is 3.07. The highest BCUT2D eigenvalue weighted by Gasteiger charge is 2.29. The molecule has 0 saturated carbocycles. The first-order chi connectivity index (χ1) is 7.11. The number of halogens is 1. The standard InChI is InChI=1S/C11H20ClNOS/c1-3-11(2,6-7-12)13-10(14)9-5-4-8-15-9/h9H,3-8H2,1-2H3,(H,13,14). The first-order valence-corrected chi connectivity index (χ1v) is 7.19. The number of carbonyl (C=O) groups is 1. The SMILES string of the molecule is CCC(C)(CCCl)NC(=O)C1CCCS1. The fourth-order valence-corrected chi connectivity index (χ4v) is 3.28. The van der Waals surface area contributed by atoms with E-state index in [9.17, 15) is 4.79 Å². The molecular formula is C11H20ClNOS. The normalized spacial score (nSPS) is 24.9. The summed E-state index contributed by atoms with van der Waals surface area (Å²) < 4.78 is 0. The molecule has 4 heteroatoms. The molecule has 1 fully saturated rings. The van der Waals surface area contributed by atoms with Crippen molar-refractivity contribution in [2.24, 2.45) is 0 Å². The number of hydrogen-bond donors (Lipinski definition) is 1. The number of carbonyl (C=O) groups excluding carboxylic acids is 1. The third-order valence-corrected chi connectivity index (χ3v) is 4.64. The zero-order chi connectivity index (χ0) is 11.3. The molecule has 0 aromatic heterocycles. The van der Waals surface area contributed by atoms with Crippen molar-refractivity contribution in [2.45, 2.75) is 50.3 Å². The zero-order valence-corrected chi connectivity index (χ0v) is 11.1. The molecule has 15 heavy (non-hydrogen) atoms. The Kier molecular flexibility index (Phi) is 5.27. The second-order valence-electron chi connectivity index (χ2n) is 4.34. The highest BCUT2D eigenvalue weighted by Crippen LogP contribution is 2.27. The summed E-state index contributed by atoms with van der Waals surface area (Å²) in [5.74, 6) is 1.92. The van der Waals surface area contributed by atoms with Crippen LogP contribution >= 0.6 is 23.4 Å². The summed E-state index contributed by atoms with van der Waals surface area (Å²) in [6.07, 6.45) is 3.97. The summed E-state index contributed by atoms with van der Waals surface area (Å²) in [4.78, 5) is 11.9. The third kappa shape index (κ3) is 3.87. The smallest absolute Gasteiger partial charge is 0.233 e. The molecule has 2 nitrogen and oxygen atoms in total. The molecule has 0 aromatic rings. The van der Waals surface area contributed by atoms with Crippen molar-refractivity contribution in [1.82, 2.24) is 5.32 Å². The van der Waals surface area contributed by atoms with Gasteiger partial charge in [0.2, 0.25) is 5.91 Å². The van der Waals surface area contributed by atoms with E-state index in [0.717, 1.165) is 25.0 Å². The quantitative estimate of drug-likeness (QED) is 0.760. The molecule has 1 rings (SSSR count). The minimum atomic E-state index is -0.123. The van der Waals surface area contributed by atoms with E-state index in [2.05, 4.69) is 19.2 Å². The lowest BCUT2D eigenvalue weighted by molar-refractivity contribution is -0.122. The molecule has 0 aliphatic carbocycles. The predicted molar refractivity (Wildman–Crippen MR) is 67.7 cm³/mol. The summed E-state index contributed by atoms with van der Waals surface area (Å²) >= 11 is 7.53. The van der Waals surface area contributed by atoms with E-state index in [0.29, 0.717) is 5.88 Å². The van der Waals surface area contributed by atoms with Gasteiger partial charge in [-0.2, -0.15) is 0 Å². The van der Waals surface area contributed by atoms with Crippen LogP contribution in [0.3, 0.4) is 0 Å². The van der Waals surface area contributed by atoms with E-state index in [1.807, 2.05) is 0 Å². The van der Waals surface area contributed by atoms with Crippen LogP contribution in [0.1, 0.15) is 39.5 Å². The Labute approximate surface area is 102 Å². The van der Waals surface area contributed by atoms with Crippen LogP contribution in [0, 0.1) is 0 Å². The van der Waals surface area contributed by atoms with Crippen LogP contribution in [0.4, 0.5) is 0 Å². The van der Waals surface area contributed by atoms with Crippen LogP contribution in [0.15, 0.2) is 0 Å². The minimum absolute atomic E-state index is 0.123. The Hall–Kier alpha value is 0.110. The lowest BCUT2D eigenvalue weighted by atomic mass is 9.95. The van der Waals surface area contributed by atoms with Gasteiger partial charge in [0.15, 0.2) is 0 Å². The van der Waals surface area contributed by atoms with E-state index in [1.165, 1.54) is 6.42 Å². The summed E-state index contributed by atoms with van der Waals surface area (Å²) in [7, 11) is 0. The van der Waals surface area contributed by atoms with Gasteiger partial charge in [-0.1, -0.05) is 6.92 Å². The lowest BCUT2D eigenvalue weighted by Crippen LogP contribution is -2.48. The van der Waals surface area contributed by atoms with Gasteiger partial charge in [0, 0.05) is 11.4 Å². The molecule has 1 aliphatic heterocycles. The van der Waals surface area contributed by atoms with Crippen LogP contribution in [-0.4, -0.2) is 28.3 Å². The van der Waals surface area contributed by atoms with Crippen LogP contribution < -0.4 is 5.32 Å². The van der Waals surface area contributed by atoms with Gasteiger partial charge in [-0.15, -0.1) is 23.4 Å². The van der Waals surface area contributed by atoms with E-state index < -0.39 is 0 Å². The van der Waals surface area contributed by atoms with E-state index in [-0.39, 0.29) is 16.7 Å². The number of amides is 1. The summed E-state index contributed by atoms with van der Waals surface area (Å²) in [6.45, 7) is 4.17. The van der Waals surface area contributed by atoms with Gasteiger partial charge in [0.1, 0.15) is 0 Å². The molecule has 0 aromatic carbocycles. The molecular weight excluding hydrogens is 230 g/mol. The first-order valence-electron chi connectivity index (χ1n) is 5.61. The minimum Gasteiger partial charge on any atom is -0.350 e. The average molecular weight is 250 g/mol. The Morgan fingerprint density at radius 3 is 2.87 bits per heavy atom. The van der Waals surface area contributed by atoms with E-state index >= 15 is 0 Å². The molecule has 0 bridgehead atoms. The number of alkyl halides is 1. The Morgan fingerprint density at radius 1 is 1.67 bits per heavy atom. The molecule has 1 N–H and O–H groups in total. The highest BCUT2D eigenvalue weighted by atomic mass is 35.5. The second-order valence-corrected chi connectivity index (χ2v) is 6.03. The molecule has 1 aliphatic rings. The number of rotatable bonds is 5. The van der Waals surface area contributed by atoms with Gasteiger partial charge < -0.3 is 5.32 Å². The largest absolute Gasteiger partial charge is 0.350 e. The lowest BCUT2D eigenvalue weighted by Gasteiger charge is -2.30. The maximum absolute atomic E-state index is 11.9. The van der Waals surface area contributed by atoms with E-state index in [1.54, 1.807) is 11.8 Å². The van der Waals surface area contributed by atoms with Crippen molar-refractivity contribution < 1.29 is 4.79 Å². The van der Waals surface area contributed by atoms with Crippen molar-refractivity contribution in [1.29, 1.82) is 0 Å². The molecule has 0 radical (unpaired) electrons. The van der Waals surface area contributed by atoms with Gasteiger partial charge in [-0.3, -0.25) is 4.79 Å². The molecule has 0 spiro atoms. The Bertz CT molecular complexity index is 219. The molecule has 1 saturated heterocycles. The molecule has 1 amide bonds. The van der Waals surface area contributed by atoms with Gasteiger partial charge in [0.25, 0.3) is 0 Å². The monoisotopic (exact) mass is 249 g/mol. The summed E-state index contributed by atoms with van der Waals surface area (Å²) in [5.41, 5.74) is -0.123. The van der Waals surface area contributed by atoms with Crippen molar-refractivity contribution in [3.8, 4) is 0 Å². The van der Waals surface area contributed by atoms with Gasteiger partial charge >= 0.3 is 0 Å².